The van der Waals surface area contributed by atoms with Gasteiger partial charge in [0.15, 0.2) is 0 Å². The number of hydrogen-bond acceptors (Lipinski definition) is 4. The van der Waals surface area contributed by atoms with Gasteiger partial charge in [-0.2, -0.15) is 0 Å². The zero-order chi connectivity index (χ0) is 11.7. The molecule has 2 N–H and O–H groups in total. The van der Waals surface area contributed by atoms with Crippen LogP contribution in [0, 0.1) is 6.92 Å². The highest BCUT2D eigenvalue weighted by Gasteiger charge is 2.12. The van der Waals surface area contributed by atoms with E-state index in [1.165, 1.54) is 5.56 Å². The standard InChI is InChI=1S/C11H12BrN3S/c1-6-8(4-3-5-9(6)12)11-15-14-10(16-11)7(2)13/h3-5,7H,13H2,1-2H3. The quantitative estimate of drug-likeness (QED) is 0.925. The van der Waals surface area contributed by atoms with Crippen molar-refractivity contribution in [3.8, 4) is 10.6 Å². The SMILES string of the molecule is Cc1c(Br)cccc1-c1nnc(C(C)N)s1. The topological polar surface area (TPSA) is 51.8 Å². The van der Waals surface area contributed by atoms with Crippen LogP contribution < -0.4 is 5.73 Å². The third-order valence-corrected chi connectivity index (χ3v) is 4.34. The number of benzene rings is 1. The molecule has 1 heterocycles. The van der Waals surface area contributed by atoms with Crippen LogP contribution in [0.3, 0.4) is 0 Å². The van der Waals surface area contributed by atoms with E-state index in [-0.39, 0.29) is 6.04 Å². The summed E-state index contributed by atoms with van der Waals surface area (Å²) in [5.41, 5.74) is 8.06. The van der Waals surface area contributed by atoms with Gasteiger partial charge in [0.1, 0.15) is 10.0 Å². The molecular formula is C11H12BrN3S. The Labute approximate surface area is 107 Å². The minimum absolute atomic E-state index is 0.0568. The summed E-state index contributed by atoms with van der Waals surface area (Å²) in [7, 11) is 0. The maximum absolute atomic E-state index is 5.77. The molecule has 1 unspecified atom stereocenters. The summed E-state index contributed by atoms with van der Waals surface area (Å²) >= 11 is 5.06. The Balaban J connectivity index is 2.47. The van der Waals surface area contributed by atoms with Crippen LogP contribution in [0.15, 0.2) is 22.7 Å². The summed E-state index contributed by atoms with van der Waals surface area (Å²) in [6.07, 6.45) is 0. The van der Waals surface area contributed by atoms with Gasteiger partial charge in [-0.3, -0.25) is 0 Å². The zero-order valence-electron chi connectivity index (χ0n) is 9.07. The maximum atomic E-state index is 5.77. The normalized spacial score (nSPS) is 12.8. The molecule has 3 nitrogen and oxygen atoms in total. The molecule has 0 amide bonds. The molecule has 0 aliphatic heterocycles. The van der Waals surface area contributed by atoms with Crippen molar-refractivity contribution in [2.24, 2.45) is 5.73 Å². The fourth-order valence-corrected chi connectivity index (χ4v) is 2.61. The highest BCUT2D eigenvalue weighted by Crippen LogP contribution is 2.31. The number of hydrogen-bond donors (Lipinski definition) is 1. The molecule has 1 atom stereocenters. The number of aromatic nitrogens is 2. The number of nitrogens with two attached hydrogens (primary N) is 1. The van der Waals surface area contributed by atoms with E-state index in [1.807, 2.05) is 25.1 Å². The first-order chi connectivity index (χ1) is 7.59. The first kappa shape index (κ1) is 11.7. The van der Waals surface area contributed by atoms with Crippen molar-refractivity contribution in [3.63, 3.8) is 0 Å². The van der Waals surface area contributed by atoms with Gasteiger partial charge >= 0.3 is 0 Å². The molecule has 2 rings (SSSR count). The van der Waals surface area contributed by atoms with E-state index >= 15 is 0 Å². The van der Waals surface area contributed by atoms with Crippen molar-refractivity contribution in [2.75, 3.05) is 0 Å². The Morgan fingerprint density at radius 1 is 1.38 bits per heavy atom. The summed E-state index contributed by atoms with van der Waals surface area (Å²) in [4.78, 5) is 0. The molecule has 0 bridgehead atoms. The Bertz CT molecular complexity index is 508. The van der Waals surface area contributed by atoms with E-state index in [0.29, 0.717) is 0 Å². The number of nitrogens with zero attached hydrogens (tertiary/aromatic N) is 2. The summed E-state index contributed by atoms with van der Waals surface area (Å²) in [5, 5.41) is 10.1. The molecule has 0 spiro atoms. The molecule has 0 radical (unpaired) electrons. The van der Waals surface area contributed by atoms with Gasteiger partial charge in [-0.15, -0.1) is 10.2 Å². The van der Waals surface area contributed by atoms with Crippen LogP contribution in [0.4, 0.5) is 0 Å². The van der Waals surface area contributed by atoms with Crippen LogP contribution in [-0.2, 0) is 0 Å². The van der Waals surface area contributed by atoms with Crippen molar-refractivity contribution >= 4 is 27.3 Å². The van der Waals surface area contributed by atoms with Crippen molar-refractivity contribution in [1.82, 2.24) is 10.2 Å². The first-order valence-electron chi connectivity index (χ1n) is 4.94. The predicted molar refractivity (Wildman–Crippen MR) is 70.4 cm³/mol. The average molecular weight is 298 g/mol. The van der Waals surface area contributed by atoms with Crippen LogP contribution in [-0.4, -0.2) is 10.2 Å². The third kappa shape index (κ3) is 2.16. The smallest absolute Gasteiger partial charge is 0.148 e. The molecular weight excluding hydrogens is 286 g/mol. The monoisotopic (exact) mass is 297 g/mol. The second kappa shape index (κ2) is 4.61. The van der Waals surface area contributed by atoms with Crippen molar-refractivity contribution in [2.45, 2.75) is 19.9 Å². The Morgan fingerprint density at radius 2 is 2.12 bits per heavy atom. The molecule has 84 valence electrons. The Hall–Kier alpha value is -0.780. The van der Waals surface area contributed by atoms with Gasteiger partial charge in [-0.1, -0.05) is 39.4 Å². The van der Waals surface area contributed by atoms with E-state index in [9.17, 15) is 0 Å². The lowest BCUT2D eigenvalue weighted by atomic mass is 10.1. The molecule has 16 heavy (non-hydrogen) atoms. The minimum atomic E-state index is -0.0568. The van der Waals surface area contributed by atoms with Gasteiger partial charge in [0.2, 0.25) is 0 Å². The molecule has 0 aliphatic carbocycles. The van der Waals surface area contributed by atoms with Gasteiger partial charge < -0.3 is 5.73 Å². The Kier molecular flexibility index (Phi) is 3.37. The van der Waals surface area contributed by atoms with E-state index in [2.05, 4.69) is 33.1 Å². The highest BCUT2D eigenvalue weighted by molar-refractivity contribution is 9.10. The average Bonchev–Trinajstić information content (AvgIpc) is 2.71. The molecule has 2 aromatic rings. The molecule has 5 heteroatoms. The van der Waals surface area contributed by atoms with Crippen LogP contribution >= 0.6 is 27.3 Å². The van der Waals surface area contributed by atoms with Gasteiger partial charge in [0.05, 0.1) is 6.04 Å². The molecule has 0 aliphatic rings. The molecule has 0 saturated heterocycles. The number of rotatable bonds is 2. The fourth-order valence-electron chi connectivity index (χ4n) is 1.37. The van der Waals surface area contributed by atoms with Crippen molar-refractivity contribution in [3.05, 3.63) is 33.2 Å². The highest BCUT2D eigenvalue weighted by atomic mass is 79.9. The van der Waals surface area contributed by atoms with Crippen LogP contribution in [0.1, 0.15) is 23.5 Å². The first-order valence-corrected chi connectivity index (χ1v) is 6.55. The van der Waals surface area contributed by atoms with Crippen molar-refractivity contribution in [1.29, 1.82) is 0 Å². The summed E-state index contributed by atoms with van der Waals surface area (Å²) in [6, 6.07) is 6.01. The Morgan fingerprint density at radius 3 is 2.75 bits per heavy atom. The van der Waals surface area contributed by atoms with Crippen molar-refractivity contribution < 1.29 is 0 Å². The lowest BCUT2D eigenvalue weighted by Gasteiger charge is -2.03. The zero-order valence-corrected chi connectivity index (χ0v) is 11.5. The largest absolute Gasteiger partial charge is 0.322 e. The fraction of sp³-hybridized carbons (Fsp3) is 0.273. The maximum Gasteiger partial charge on any atom is 0.148 e. The van der Waals surface area contributed by atoms with Gasteiger partial charge in [-0.05, 0) is 25.5 Å². The lowest BCUT2D eigenvalue weighted by Crippen LogP contribution is -2.03. The molecule has 0 saturated carbocycles. The molecule has 0 fully saturated rings. The van der Waals surface area contributed by atoms with E-state index in [4.69, 9.17) is 5.73 Å². The van der Waals surface area contributed by atoms with E-state index < -0.39 is 0 Å². The summed E-state index contributed by atoms with van der Waals surface area (Å²) < 4.78 is 1.09. The summed E-state index contributed by atoms with van der Waals surface area (Å²) in [5.74, 6) is 0. The number of halogens is 1. The summed E-state index contributed by atoms with van der Waals surface area (Å²) in [6.45, 7) is 3.98. The van der Waals surface area contributed by atoms with Crippen LogP contribution in [0.5, 0.6) is 0 Å². The van der Waals surface area contributed by atoms with Gasteiger partial charge in [0, 0.05) is 10.0 Å². The molecule has 1 aromatic carbocycles. The second-order valence-electron chi connectivity index (χ2n) is 3.65. The van der Waals surface area contributed by atoms with Crippen LogP contribution in [0.25, 0.3) is 10.6 Å². The lowest BCUT2D eigenvalue weighted by molar-refractivity contribution is 0.786. The van der Waals surface area contributed by atoms with E-state index in [1.54, 1.807) is 11.3 Å². The van der Waals surface area contributed by atoms with Crippen LogP contribution in [0.2, 0.25) is 0 Å². The van der Waals surface area contributed by atoms with E-state index in [0.717, 1.165) is 20.1 Å². The molecule has 1 aromatic heterocycles. The predicted octanol–water partition coefficient (Wildman–Crippen LogP) is 3.30. The minimum Gasteiger partial charge on any atom is -0.322 e. The van der Waals surface area contributed by atoms with Gasteiger partial charge in [0.25, 0.3) is 0 Å². The second-order valence-corrected chi connectivity index (χ2v) is 5.51. The third-order valence-electron chi connectivity index (χ3n) is 2.33. The van der Waals surface area contributed by atoms with Gasteiger partial charge in [-0.25, -0.2) is 0 Å².